The van der Waals surface area contributed by atoms with Gasteiger partial charge in [-0.2, -0.15) is 0 Å². The van der Waals surface area contributed by atoms with Gasteiger partial charge < -0.3 is 10.4 Å². The summed E-state index contributed by atoms with van der Waals surface area (Å²) in [5.74, 6) is -0.666. The molecule has 0 aliphatic rings. The highest BCUT2D eigenvalue weighted by atomic mass is 16.3. The van der Waals surface area contributed by atoms with Crippen LogP contribution in [0.25, 0.3) is 0 Å². The summed E-state index contributed by atoms with van der Waals surface area (Å²) in [4.78, 5) is 21.9. The molecule has 0 fully saturated rings. The molecule has 1 amide bonds. The smallest absolute Gasteiger partial charge is 0.255 e. The molecule has 1 aromatic carbocycles. The van der Waals surface area contributed by atoms with Crippen molar-refractivity contribution >= 4 is 11.7 Å². The third-order valence-corrected chi connectivity index (χ3v) is 1.65. The Bertz CT molecular complexity index is 360. The number of rotatable bonds is 3. The standard InChI is InChI=1S/C10H11NO3/c1-7(12)6-11-10(14)8-4-2-3-5-9(8)13/h2-5,13H,6H2,1H3,(H,11,14). The molecule has 0 spiro atoms. The van der Waals surface area contributed by atoms with E-state index in [1.54, 1.807) is 12.1 Å². The van der Waals surface area contributed by atoms with Crippen molar-refractivity contribution in [1.82, 2.24) is 5.32 Å². The van der Waals surface area contributed by atoms with Crippen LogP contribution in [0, 0.1) is 0 Å². The van der Waals surface area contributed by atoms with E-state index in [9.17, 15) is 14.7 Å². The summed E-state index contributed by atoms with van der Waals surface area (Å²) in [6.45, 7) is 1.36. The summed E-state index contributed by atoms with van der Waals surface area (Å²) in [7, 11) is 0. The first-order valence-electron chi connectivity index (χ1n) is 4.17. The van der Waals surface area contributed by atoms with Crippen LogP contribution in [-0.4, -0.2) is 23.3 Å². The molecule has 0 bridgehead atoms. The molecule has 0 aromatic heterocycles. The molecular formula is C10H11NO3. The van der Waals surface area contributed by atoms with Gasteiger partial charge in [0.15, 0.2) is 0 Å². The molecule has 0 aliphatic heterocycles. The third kappa shape index (κ3) is 2.58. The minimum atomic E-state index is -0.446. The van der Waals surface area contributed by atoms with Crippen molar-refractivity contribution in [2.45, 2.75) is 6.92 Å². The van der Waals surface area contributed by atoms with Crippen LogP contribution in [0.5, 0.6) is 5.75 Å². The number of phenolic OH excluding ortho intramolecular Hbond substituents is 1. The van der Waals surface area contributed by atoms with Crippen molar-refractivity contribution < 1.29 is 14.7 Å². The van der Waals surface area contributed by atoms with Crippen molar-refractivity contribution in [3.8, 4) is 5.75 Å². The molecule has 1 rings (SSSR count). The summed E-state index contributed by atoms with van der Waals surface area (Å²) in [6, 6.07) is 6.17. The van der Waals surface area contributed by atoms with Crippen molar-refractivity contribution in [1.29, 1.82) is 0 Å². The highest BCUT2D eigenvalue weighted by Crippen LogP contribution is 2.14. The van der Waals surface area contributed by atoms with Gasteiger partial charge in [0.05, 0.1) is 12.1 Å². The quantitative estimate of drug-likeness (QED) is 0.743. The average molecular weight is 193 g/mol. The van der Waals surface area contributed by atoms with Crippen LogP contribution in [-0.2, 0) is 4.79 Å². The molecule has 4 nitrogen and oxygen atoms in total. The Kier molecular flexibility index (Phi) is 3.23. The first-order chi connectivity index (χ1) is 6.61. The lowest BCUT2D eigenvalue weighted by molar-refractivity contribution is -0.116. The highest BCUT2D eigenvalue weighted by Gasteiger charge is 2.09. The second-order valence-corrected chi connectivity index (χ2v) is 2.90. The molecule has 1 aromatic rings. The number of phenols is 1. The number of Topliss-reactive ketones (excluding diaryl/α,β-unsaturated/α-hetero) is 1. The fourth-order valence-electron chi connectivity index (χ4n) is 0.966. The minimum Gasteiger partial charge on any atom is -0.507 e. The summed E-state index contributed by atoms with van der Waals surface area (Å²) < 4.78 is 0. The van der Waals surface area contributed by atoms with Gasteiger partial charge in [-0.3, -0.25) is 9.59 Å². The molecule has 4 heteroatoms. The number of aromatic hydroxyl groups is 1. The molecule has 14 heavy (non-hydrogen) atoms. The number of benzene rings is 1. The highest BCUT2D eigenvalue weighted by molar-refractivity contribution is 5.98. The zero-order valence-electron chi connectivity index (χ0n) is 7.78. The van der Waals surface area contributed by atoms with Crippen LogP contribution in [0.3, 0.4) is 0 Å². The summed E-state index contributed by atoms with van der Waals surface area (Å²) in [5.41, 5.74) is 0.175. The topological polar surface area (TPSA) is 66.4 Å². The van der Waals surface area contributed by atoms with Gasteiger partial charge in [0, 0.05) is 0 Å². The van der Waals surface area contributed by atoms with E-state index < -0.39 is 5.91 Å². The molecule has 0 saturated carbocycles. The van der Waals surface area contributed by atoms with Gasteiger partial charge in [0.25, 0.3) is 5.91 Å². The van der Waals surface area contributed by atoms with Crippen molar-refractivity contribution in [3.63, 3.8) is 0 Å². The molecule has 0 aliphatic carbocycles. The Morgan fingerprint density at radius 2 is 2.00 bits per heavy atom. The fourth-order valence-corrected chi connectivity index (χ4v) is 0.966. The number of ketones is 1. The Balaban J connectivity index is 2.70. The van der Waals surface area contributed by atoms with Crippen LogP contribution < -0.4 is 5.32 Å². The number of hydrogen-bond donors (Lipinski definition) is 2. The number of amides is 1. The fraction of sp³-hybridized carbons (Fsp3) is 0.200. The van der Waals surface area contributed by atoms with Gasteiger partial charge in [-0.25, -0.2) is 0 Å². The number of para-hydroxylation sites is 1. The summed E-state index contributed by atoms with van der Waals surface area (Å²) >= 11 is 0. The van der Waals surface area contributed by atoms with Gasteiger partial charge >= 0.3 is 0 Å². The van der Waals surface area contributed by atoms with Gasteiger partial charge in [-0.1, -0.05) is 12.1 Å². The van der Waals surface area contributed by atoms with Crippen LogP contribution in [0.1, 0.15) is 17.3 Å². The molecule has 0 unspecified atom stereocenters. The maximum atomic E-state index is 11.3. The number of nitrogens with one attached hydrogen (secondary N) is 1. The number of carbonyl (C=O) groups is 2. The third-order valence-electron chi connectivity index (χ3n) is 1.65. The zero-order valence-corrected chi connectivity index (χ0v) is 7.78. The first-order valence-corrected chi connectivity index (χ1v) is 4.17. The average Bonchev–Trinajstić information content (AvgIpc) is 2.15. The Morgan fingerprint density at radius 1 is 1.36 bits per heavy atom. The minimum absolute atomic E-state index is 0.0207. The van der Waals surface area contributed by atoms with E-state index in [1.165, 1.54) is 19.1 Å². The van der Waals surface area contributed by atoms with E-state index in [0.717, 1.165) is 0 Å². The normalized spacial score (nSPS) is 9.50. The Hall–Kier alpha value is -1.84. The summed E-state index contributed by atoms with van der Waals surface area (Å²) in [6.07, 6.45) is 0. The van der Waals surface area contributed by atoms with Crippen molar-refractivity contribution in [2.75, 3.05) is 6.54 Å². The van der Waals surface area contributed by atoms with E-state index >= 15 is 0 Å². The van der Waals surface area contributed by atoms with E-state index in [0.29, 0.717) is 0 Å². The van der Waals surface area contributed by atoms with Crippen LogP contribution in [0.4, 0.5) is 0 Å². The monoisotopic (exact) mass is 193 g/mol. The second-order valence-electron chi connectivity index (χ2n) is 2.90. The van der Waals surface area contributed by atoms with E-state index in [4.69, 9.17) is 0 Å². The molecule has 0 atom stereocenters. The molecule has 2 N–H and O–H groups in total. The molecular weight excluding hydrogens is 182 g/mol. The summed E-state index contributed by atoms with van der Waals surface area (Å²) in [5, 5.41) is 11.7. The number of hydrogen-bond acceptors (Lipinski definition) is 3. The molecule has 0 radical (unpaired) electrons. The molecule has 0 saturated heterocycles. The lowest BCUT2D eigenvalue weighted by atomic mass is 10.2. The SMILES string of the molecule is CC(=O)CNC(=O)c1ccccc1O. The van der Waals surface area contributed by atoms with Crippen LogP contribution >= 0.6 is 0 Å². The molecule has 0 heterocycles. The largest absolute Gasteiger partial charge is 0.507 e. The van der Waals surface area contributed by atoms with Crippen LogP contribution in [0.15, 0.2) is 24.3 Å². The maximum Gasteiger partial charge on any atom is 0.255 e. The first kappa shape index (κ1) is 10.2. The lowest BCUT2D eigenvalue weighted by Gasteiger charge is -2.04. The molecule has 74 valence electrons. The van der Waals surface area contributed by atoms with Crippen molar-refractivity contribution in [3.05, 3.63) is 29.8 Å². The second kappa shape index (κ2) is 4.41. The lowest BCUT2D eigenvalue weighted by Crippen LogP contribution is -2.28. The Labute approximate surface area is 81.6 Å². The van der Waals surface area contributed by atoms with Crippen molar-refractivity contribution in [2.24, 2.45) is 0 Å². The predicted octanol–water partition coefficient (Wildman–Crippen LogP) is 0.711. The van der Waals surface area contributed by atoms with E-state index in [-0.39, 0.29) is 23.6 Å². The van der Waals surface area contributed by atoms with Crippen LogP contribution in [0.2, 0.25) is 0 Å². The van der Waals surface area contributed by atoms with Gasteiger partial charge in [0.2, 0.25) is 0 Å². The van der Waals surface area contributed by atoms with E-state index in [1.807, 2.05) is 0 Å². The number of carbonyl (C=O) groups excluding carboxylic acids is 2. The van der Waals surface area contributed by atoms with E-state index in [2.05, 4.69) is 5.32 Å². The zero-order chi connectivity index (χ0) is 10.6. The van der Waals surface area contributed by atoms with Gasteiger partial charge in [-0.15, -0.1) is 0 Å². The van der Waals surface area contributed by atoms with Gasteiger partial charge in [-0.05, 0) is 19.1 Å². The van der Waals surface area contributed by atoms with Gasteiger partial charge in [0.1, 0.15) is 11.5 Å². The predicted molar refractivity (Wildman–Crippen MR) is 51.1 cm³/mol. The Morgan fingerprint density at radius 3 is 2.57 bits per heavy atom. The maximum absolute atomic E-state index is 11.3.